The summed E-state index contributed by atoms with van der Waals surface area (Å²) in [6.45, 7) is 6.00. The van der Waals surface area contributed by atoms with Crippen LogP contribution in [0.2, 0.25) is 5.02 Å². The average Bonchev–Trinajstić information content (AvgIpc) is 2.39. The number of hydrogen-bond acceptors (Lipinski definition) is 3. The van der Waals surface area contributed by atoms with Crippen molar-refractivity contribution in [2.75, 3.05) is 26.2 Å². The van der Waals surface area contributed by atoms with Crippen LogP contribution >= 0.6 is 11.6 Å². The largest absolute Gasteiger partial charge is 0.480 e. The summed E-state index contributed by atoms with van der Waals surface area (Å²) in [5.41, 5.74) is 1.20. The number of rotatable bonds is 4. The smallest absolute Gasteiger partial charge is 0.320 e. The van der Waals surface area contributed by atoms with Crippen LogP contribution in [-0.2, 0) is 11.3 Å². The highest BCUT2D eigenvalue weighted by Gasteiger charge is 2.24. The summed E-state index contributed by atoms with van der Waals surface area (Å²) in [6.07, 6.45) is 0. The Kier molecular flexibility index (Phi) is 4.80. The molecule has 0 aliphatic carbocycles. The summed E-state index contributed by atoms with van der Waals surface area (Å²) in [6, 6.07) is 7.48. The zero-order chi connectivity index (χ0) is 13.8. The van der Waals surface area contributed by atoms with Crippen LogP contribution in [0.1, 0.15) is 12.5 Å². The molecule has 0 saturated carbocycles. The van der Waals surface area contributed by atoms with Gasteiger partial charge in [-0.05, 0) is 24.6 Å². The van der Waals surface area contributed by atoms with E-state index >= 15 is 0 Å². The monoisotopic (exact) mass is 282 g/mol. The maximum Gasteiger partial charge on any atom is 0.320 e. The number of carbonyl (C=O) groups is 1. The molecule has 1 unspecified atom stereocenters. The molecular weight excluding hydrogens is 264 g/mol. The van der Waals surface area contributed by atoms with Gasteiger partial charge in [0.2, 0.25) is 0 Å². The number of piperazine rings is 1. The Hall–Kier alpha value is -1.10. The summed E-state index contributed by atoms with van der Waals surface area (Å²) in [4.78, 5) is 15.3. The van der Waals surface area contributed by atoms with Crippen LogP contribution in [0, 0.1) is 0 Å². The predicted octanol–water partition coefficient (Wildman–Crippen LogP) is 1.93. The molecule has 0 spiro atoms. The maximum absolute atomic E-state index is 10.9. The van der Waals surface area contributed by atoms with E-state index in [1.54, 1.807) is 6.92 Å². The minimum atomic E-state index is -0.747. The van der Waals surface area contributed by atoms with Gasteiger partial charge in [-0.3, -0.25) is 14.6 Å². The number of carboxylic acids is 1. The van der Waals surface area contributed by atoms with E-state index in [1.807, 2.05) is 23.1 Å². The van der Waals surface area contributed by atoms with Crippen molar-refractivity contribution in [3.8, 4) is 0 Å². The number of halogens is 1. The molecule has 2 rings (SSSR count). The van der Waals surface area contributed by atoms with Crippen molar-refractivity contribution in [1.82, 2.24) is 9.80 Å². The summed E-state index contributed by atoms with van der Waals surface area (Å²) >= 11 is 5.97. The highest BCUT2D eigenvalue weighted by Crippen LogP contribution is 2.14. The molecule has 1 heterocycles. The molecule has 1 N–H and O–H groups in total. The van der Waals surface area contributed by atoms with Crippen molar-refractivity contribution in [1.29, 1.82) is 0 Å². The van der Waals surface area contributed by atoms with Crippen LogP contribution in [0.4, 0.5) is 0 Å². The minimum absolute atomic E-state index is 0.395. The molecule has 1 atom stereocenters. The van der Waals surface area contributed by atoms with Crippen LogP contribution in [0.3, 0.4) is 0 Å². The topological polar surface area (TPSA) is 43.8 Å². The Bertz CT molecular complexity index is 445. The van der Waals surface area contributed by atoms with Crippen LogP contribution < -0.4 is 0 Å². The Morgan fingerprint density at radius 3 is 2.63 bits per heavy atom. The molecule has 5 heteroatoms. The molecule has 0 aromatic heterocycles. The molecule has 4 nitrogen and oxygen atoms in total. The second-order valence-corrected chi connectivity index (χ2v) is 5.39. The van der Waals surface area contributed by atoms with Gasteiger partial charge in [0.25, 0.3) is 0 Å². The fraction of sp³-hybridized carbons (Fsp3) is 0.500. The van der Waals surface area contributed by atoms with E-state index in [2.05, 4.69) is 11.0 Å². The second kappa shape index (κ2) is 6.37. The molecule has 0 bridgehead atoms. The van der Waals surface area contributed by atoms with Crippen molar-refractivity contribution >= 4 is 17.6 Å². The van der Waals surface area contributed by atoms with Crippen LogP contribution in [0.15, 0.2) is 24.3 Å². The van der Waals surface area contributed by atoms with Gasteiger partial charge in [0.15, 0.2) is 0 Å². The molecule has 19 heavy (non-hydrogen) atoms. The number of benzene rings is 1. The summed E-state index contributed by atoms with van der Waals surface area (Å²) < 4.78 is 0. The predicted molar refractivity (Wildman–Crippen MR) is 75.4 cm³/mol. The first-order chi connectivity index (χ1) is 9.06. The molecular formula is C14H19ClN2O2. The zero-order valence-electron chi connectivity index (χ0n) is 11.1. The molecule has 1 saturated heterocycles. The summed E-state index contributed by atoms with van der Waals surface area (Å²) in [7, 11) is 0. The Labute approximate surface area is 118 Å². The van der Waals surface area contributed by atoms with Crippen LogP contribution in [0.5, 0.6) is 0 Å². The lowest BCUT2D eigenvalue weighted by molar-refractivity contribution is -0.143. The van der Waals surface area contributed by atoms with Gasteiger partial charge in [0.05, 0.1) is 0 Å². The van der Waals surface area contributed by atoms with Crippen molar-refractivity contribution < 1.29 is 9.90 Å². The zero-order valence-corrected chi connectivity index (χ0v) is 11.8. The maximum atomic E-state index is 10.9. The number of carboxylic acid groups (broad SMARTS) is 1. The molecule has 104 valence electrons. The lowest BCUT2D eigenvalue weighted by Crippen LogP contribution is -2.51. The van der Waals surface area contributed by atoms with Gasteiger partial charge in [-0.1, -0.05) is 23.7 Å². The molecule has 0 radical (unpaired) electrons. The molecule has 1 aliphatic heterocycles. The molecule has 1 fully saturated rings. The molecule has 0 amide bonds. The summed E-state index contributed by atoms with van der Waals surface area (Å²) in [5.74, 6) is -0.747. The summed E-state index contributed by atoms with van der Waals surface area (Å²) in [5, 5.41) is 9.76. The van der Waals surface area contributed by atoms with E-state index in [-0.39, 0.29) is 0 Å². The lowest BCUT2D eigenvalue weighted by atomic mass is 10.2. The Balaban J connectivity index is 1.85. The highest BCUT2D eigenvalue weighted by molar-refractivity contribution is 6.30. The van der Waals surface area contributed by atoms with Gasteiger partial charge in [0.1, 0.15) is 6.04 Å². The molecule has 1 aromatic rings. The quantitative estimate of drug-likeness (QED) is 0.916. The van der Waals surface area contributed by atoms with Crippen molar-refractivity contribution in [3.05, 3.63) is 34.9 Å². The number of nitrogens with zero attached hydrogens (tertiary/aromatic N) is 2. The number of aliphatic carboxylic acids is 1. The molecule has 1 aliphatic rings. The first-order valence-electron chi connectivity index (χ1n) is 6.50. The van der Waals surface area contributed by atoms with E-state index in [0.717, 1.165) is 37.7 Å². The van der Waals surface area contributed by atoms with Crippen molar-refractivity contribution in [2.45, 2.75) is 19.5 Å². The standard InChI is InChI=1S/C14H19ClN2O2/c1-11(14(18)19)17-7-5-16(6-8-17)10-12-3-2-4-13(15)9-12/h2-4,9,11H,5-8,10H2,1H3,(H,18,19). The van der Waals surface area contributed by atoms with Gasteiger partial charge in [0, 0.05) is 37.7 Å². The average molecular weight is 283 g/mol. The highest BCUT2D eigenvalue weighted by atomic mass is 35.5. The van der Waals surface area contributed by atoms with Gasteiger partial charge in [-0.15, -0.1) is 0 Å². The van der Waals surface area contributed by atoms with E-state index in [0.29, 0.717) is 0 Å². The fourth-order valence-corrected chi connectivity index (χ4v) is 2.57. The third-order valence-electron chi connectivity index (χ3n) is 3.61. The SMILES string of the molecule is CC(C(=O)O)N1CCN(Cc2cccc(Cl)c2)CC1. The minimum Gasteiger partial charge on any atom is -0.480 e. The van der Waals surface area contributed by atoms with Crippen LogP contribution in [-0.4, -0.2) is 53.1 Å². The van der Waals surface area contributed by atoms with Crippen molar-refractivity contribution in [2.24, 2.45) is 0 Å². The van der Waals surface area contributed by atoms with Gasteiger partial charge in [-0.2, -0.15) is 0 Å². The first-order valence-corrected chi connectivity index (χ1v) is 6.87. The van der Waals surface area contributed by atoms with E-state index in [9.17, 15) is 4.79 Å². The first kappa shape index (κ1) is 14.3. The normalized spacial score (nSPS) is 19.3. The van der Waals surface area contributed by atoms with E-state index < -0.39 is 12.0 Å². The van der Waals surface area contributed by atoms with Gasteiger partial charge < -0.3 is 5.11 Å². The Morgan fingerprint density at radius 1 is 1.37 bits per heavy atom. The van der Waals surface area contributed by atoms with Crippen molar-refractivity contribution in [3.63, 3.8) is 0 Å². The van der Waals surface area contributed by atoms with E-state index in [4.69, 9.17) is 16.7 Å². The Morgan fingerprint density at radius 2 is 2.05 bits per heavy atom. The van der Waals surface area contributed by atoms with Gasteiger partial charge in [-0.25, -0.2) is 0 Å². The lowest BCUT2D eigenvalue weighted by Gasteiger charge is -2.36. The third kappa shape index (κ3) is 3.93. The molecule has 1 aromatic carbocycles. The third-order valence-corrected chi connectivity index (χ3v) is 3.84. The second-order valence-electron chi connectivity index (χ2n) is 4.96. The fourth-order valence-electron chi connectivity index (χ4n) is 2.36. The van der Waals surface area contributed by atoms with Gasteiger partial charge >= 0.3 is 5.97 Å². The van der Waals surface area contributed by atoms with E-state index in [1.165, 1.54) is 5.56 Å². The number of hydrogen-bond donors (Lipinski definition) is 1. The van der Waals surface area contributed by atoms with Crippen LogP contribution in [0.25, 0.3) is 0 Å².